The predicted molar refractivity (Wildman–Crippen MR) is 108 cm³/mol. The van der Waals surface area contributed by atoms with Crippen molar-refractivity contribution in [2.24, 2.45) is 0 Å². The quantitative estimate of drug-likeness (QED) is 0.751. The van der Waals surface area contributed by atoms with Crippen molar-refractivity contribution in [3.8, 4) is 5.75 Å². The number of methoxy groups -OCH3 is 1. The summed E-state index contributed by atoms with van der Waals surface area (Å²) in [6, 6.07) is 18.4. The fraction of sp³-hybridized carbons (Fsp3) is 0.381. The Kier molecular flexibility index (Phi) is 6.86. The van der Waals surface area contributed by atoms with Crippen LogP contribution in [0.3, 0.4) is 0 Å². The maximum atomic E-state index is 5.83. The molecule has 26 heavy (non-hydrogen) atoms. The molecule has 4 nitrogen and oxygen atoms in total. The Labute approximate surface area is 161 Å². The number of benzene rings is 2. The smallest absolute Gasteiger partial charge is 0.169 e. The van der Waals surface area contributed by atoms with E-state index in [9.17, 15) is 0 Å². The molecule has 1 N–H and O–H groups in total. The molecule has 1 heterocycles. The molecule has 1 unspecified atom stereocenters. The summed E-state index contributed by atoms with van der Waals surface area (Å²) in [7, 11) is 1.70. The molecule has 0 amide bonds. The fourth-order valence-corrected chi connectivity index (χ4v) is 3.39. The first-order valence-electron chi connectivity index (χ1n) is 9.06. The van der Waals surface area contributed by atoms with E-state index < -0.39 is 0 Å². The lowest BCUT2D eigenvalue weighted by atomic mass is 10.1. The zero-order valence-electron chi connectivity index (χ0n) is 15.2. The Morgan fingerprint density at radius 2 is 1.96 bits per heavy atom. The standard InChI is InChI=1S/C21H26N2O2S/c1-24-20-12-6-5-10-18(20)15-23(16-19-11-7-13-25-19)21(26)22-14-17-8-3-2-4-9-17/h2-6,8-10,12,19H,7,11,13-16H2,1H3,(H,22,26). The zero-order valence-corrected chi connectivity index (χ0v) is 16.0. The summed E-state index contributed by atoms with van der Waals surface area (Å²) in [5, 5.41) is 4.14. The summed E-state index contributed by atoms with van der Waals surface area (Å²) < 4.78 is 11.3. The molecule has 0 radical (unpaired) electrons. The second-order valence-corrected chi connectivity index (χ2v) is 6.86. The van der Waals surface area contributed by atoms with Crippen LogP contribution in [-0.2, 0) is 17.8 Å². The number of ether oxygens (including phenoxy) is 2. The van der Waals surface area contributed by atoms with E-state index in [0.29, 0.717) is 13.1 Å². The topological polar surface area (TPSA) is 33.7 Å². The number of hydrogen-bond acceptors (Lipinski definition) is 3. The van der Waals surface area contributed by atoms with Crippen molar-refractivity contribution in [1.82, 2.24) is 10.2 Å². The average Bonchev–Trinajstić information content (AvgIpc) is 3.20. The van der Waals surface area contributed by atoms with Gasteiger partial charge in [0.15, 0.2) is 5.11 Å². The normalized spacial score (nSPS) is 16.3. The summed E-state index contributed by atoms with van der Waals surface area (Å²) in [6.07, 6.45) is 2.45. The van der Waals surface area contributed by atoms with E-state index in [1.807, 2.05) is 36.4 Å². The highest BCUT2D eigenvalue weighted by Gasteiger charge is 2.21. The third kappa shape index (κ3) is 5.19. The highest BCUT2D eigenvalue weighted by Crippen LogP contribution is 2.21. The molecule has 1 atom stereocenters. The molecule has 0 aromatic heterocycles. The second-order valence-electron chi connectivity index (χ2n) is 6.47. The van der Waals surface area contributed by atoms with E-state index >= 15 is 0 Å². The van der Waals surface area contributed by atoms with Gasteiger partial charge in [0, 0.05) is 31.8 Å². The Bertz CT molecular complexity index is 702. The molecule has 1 saturated heterocycles. The Morgan fingerprint density at radius 3 is 2.69 bits per heavy atom. The van der Waals surface area contributed by atoms with Crippen LogP contribution in [0.5, 0.6) is 5.75 Å². The molecular weight excluding hydrogens is 344 g/mol. The summed E-state index contributed by atoms with van der Waals surface area (Å²) in [5.41, 5.74) is 2.33. The van der Waals surface area contributed by atoms with Crippen molar-refractivity contribution in [2.75, 3.05) is 20.3 Å². The molecule has 138 valence electrons. The molecule has 2 aromatic rings. The van der Waals surface area contributed by atoms with Crippen LogP contribution in [0.25, 0.3) is 0 Å². The SMILES string of the molecule is COc1ccccc1CN(CC1CCCO1)C(=S)NCc1ccccc1. The minimum absolute atomic E-state index is 0.237. The van der Waals surface area contributed by atoms with Gasteiger partial charge < -0.3 is 19.7 Å². The van der Waals surface area contributed by atoms with Gasteiger partial charge in [-0.1, -0.05) is 48.5 Å². The van der Waals surface area contributed by atoms with Gasteiger partial charge in [-0.05, 0) is 36.7 Å². The van der Waals surface area contributed by atoms with Crippen LogP contribution < -0.4 is 10.1 Å². The second kappa shape index (κ2) is 9.55. The summed E-state index contributed by atoms with van der Waals surface area (Å²) in [6.45, 7) is 3.05. The van der Waals surface area contributed by atoms with Gasteiger partial charge in [-0.2, -0.15) is 0 Å². The Balaban J connectivity index is 1.68. The van der Waals surface area contributed by atoms with Gasteiger partial charge in [0.25, 0.3) is 0 Å². The molecule has 1 fully saturated rings. The van der Waals surface area contributed by atoms with Crippen LogP contribution in [0.1, 0.15) is 24.0 Å². The third-order valence-corrected chi connectivity index (χ3v) is 4.98. The number of nitrogens with one attached hydrogen (secondary N) is 1. The highest BCUT2D eigenvalue weighted by atomic mass is 32.1. The molecule has 1 aliphatic rings. The predicted octanol–water partition coefficient (Wildman–Crippen LogP) is 3.75. The molecule has 3 rings (SSSR count). The highest BCUT2D eigenvalue weighted by molar-refractivity contribution is 7.80. The van der Waals surface area contributed by atoms with Gasteiger partial charge in [-0.3, -0.25) is 0 Å². The van der Waals surface area contributed by atoms with Crippen molar-refractivity contribution < 1.29 is 9.47 Å². The first-order chi connectivity index (χ1) is 12.8. The molecule has 1 aliphatic heterocycles. The number of para-hydroxylation sites is 1. The van der Waals surface area contributed by atoms with Crippen LogP contribution in [0.15, 0.2) is 54.6 Å². The molecule has 2 aromatic carbocycles. The van der Waals surface area contributed by atoms with Crippen LogP contribution >= 0.6 is 12.2 Å². The van der Waals surface area contributed by atoms with Crippen molar-refractivity contribution in [3.63, 3.8) is 0 Å². The summed E-state index contributed by atoms with van der Waals surface area (Å²) >= 11 is 5.71. The van der Waals surface area contributed by atoms with E-state index in [1.165, 1.54) is 5.56 Å². The van der Waals surface area contributed by atoms with Gasteiger partial charge in [0.1, 0.15) is 5.75 Å². The van der Waals surface area contributed by atoms with Crippen molar-refractivity contribution in [3.05, 3.63) is 65.7 Å². The Morgan fingerprint density at radius 1 is 1.19 bits per heavy atom. The summed E-state index contributed by atoms with van der Waals surface area (Å²) in [5.74, 6) is 0.885. The first kappa shape index (κ1) is 18.7. The first-order valence-corrected chi connectivity index (χ1v) is 9.47. The summed E-state index contributed by atoms with van der Waals surface area (Å²) in [4.78, 5) is 2.19. The van der Waals surface area contributed by atoms with E-state index in [-0.39, 0.29) is 6.10 Å². The van der Waals surface area contributed by atoms with Crippen LogP contribution in [-0.4, -0.2) is 36.4 Å². The Hall–Kier alpha value is -2.11. The lowest BCUT2D eigenvalue weighted by molar-refractivity contribution is 0.0895. The zero-order chi connectivity index (χ0) is 18.2. The van der Waals surface area contributed by atoms with Crippen molar-refractivity contribution in [1.29, 1.82) is 0 Å². The lowest BCUT2D eigenvalue weighted by Gasteiger charge is -2.29. The monoisotopic (exact) mass is 370 g/mol. The molecule has 0 bridgehead atoms. The van der Waals surface area contributed by atoms with Crippen LogP contribution in [0.4, 0.5) is 0 Å². The van der Waals surface area contributed by atoms with E-state index in [4.69, 9.17) is 21.7 Å². The molecular formula is C21H26N2O2S. The van der Waals surface area contributed by atoms with Crippen LogP contribution in [0, 0.1) is 0 Å². The molecule has 5 heteroatoms. The average molecular weight is 371 g/mol. The van der Waals surface area contributed by atoms with Gasteiger partial charge in [-0.15, -0.1) is 0 Å². The molecule has 0 saturated carbocycles. The van der Waals surface area contributed by atoms with Gasteiger partial charge in [0.05, 0.1) is 13.2 Å². The van der Waals surface area contributed by atoms with Crippen molar-refractivity contribution in [2.45, 2.75) is 32.0 Å². The number of hydrogen-bond donors (Lipinski definition) is 1. The van der Waals surface area contributed by atoms with E-state index in [0.717, 1.165) is 42.4 Å². The number of rotatable bonds is 7. The van der Waals surface area contributed by atoms with Crippen LogP contribution in [0.2, 0.25) is 0 Å². The van der Waals surface area contributed by atoms with Crippen molar-refractivity contribution >= 4 is 17.3 Å². The lowest BCUT2D eigenvalue weighted by Crippen LogP contribution is -2.42. The number of thiocarbonyl (C=S) groups is 1. The van der Waals surface area contributed by atoms with E-state index in [2.05, 4.69) is 28.4 Å². The maximum absolute atomic E-state index is 5.83. The minimum Gasteiger partial charge on any atom is -0.496 e. The van der Waals surface area contributed by atoms with E-state index in [1.54, 1.807) is 7.11 Å². The number of nitrogens with zero attached hydrogens (tertiary/aromatic N) is 1. The van der Waals surface area contributed by atoms with Gasteiger partial charge in [0.2, 0.25) is 0 Å². The van der Waals surface area contributed by atoms with Gasteiger partial charge >= 0.3 is 0 Å². The minimum atomic E-state index is 0.237. The largest absolute Gasteiger partial charge is 0.496 e. The third-order valence-electron chi connectivity index (χ3n) is 4.58. The molecule has 0 spiro atoms. The fourth-order valence-electron chi connectivity index (χ4n) is 3.18. The molecule has 0 aliphatic carbocycles. The maximum Gasteiger partial charge on any atom is 0.169 e. The van der Waals surface area contributed by atoms with Gasteiger partial charge in [-0.25, -0.2) is 0 Å².